The zero-order valence-electron chi connectivity index (χ0n) is 8.28. The predicted octanol–water partition coefficient (Wildman–Crippen LogP) is 3.52. The van der Waals surface area contributed by atoms with E-state index in [2.05, 4.69) is 36.6 Å². The normalized spacial score (nSPS) is 10.5. The largest absolute Gasteiger partial charge is 0.513 e. The average molecular weight is 384 g/mol. The van der Waals surface area contributed by atoms with Gasteiger partial charge in [0.1, 0.15) is 4.47 Å². The van der Waals surface area contributed by atoms with Crippen LogP contribution in [0.4, 0.5) is 4.79 Å². The molecular weight excluding hydrogens is 380 g/mol. The number of benzene rings is 1. The van der Waals surface area contributed by atoms with Crippen LogP contribution in [0.5, 0.6) is 5.75 Å². The Morgan fingerprint density at radius 1 is 1.47 bits per heavy atom. The highest BCUT2D eigenvalue weighted by Crippen LogP contribution is 2.40. The van der Waals surface area contributed by atoms with Crippen LogP contribution in [0.15, 0.2) is 24.2 Å². The first-order valence-electron chi connectivity index (χ1n) is 4.20. The number of rotatable bonds is 1. The van der Waals surface area contributed by atoms with Gasteiger partial charge in [0.15, 0.2) is 11.3 Å². The first-order chi connectivity index (χ1) is 8.02. The number of fused-ring (bicyclic) bond motifs is 1. The lowest BCUT2D eigenvalue weighted by Crippen LogP contribution is -2.08. The zero-order valence-corrected chi connectivity index (χ0v) is 12.3. The van der Waals surface area contributed by atoms with Crippen LogP contribution in [0.25, 0.3) is 10.3 Å². The van der Waals surface area contributed by atoms with Gasteiger partial charge in [-0.1, -0.05) is 11.3 Å². The van der Waals surface area contributed by atoms with Gasteiger partial charge in [0, 0.05) is 0 Å². The Kier molecular flexibility index (Phi) is 3.55. The van der Waals surface area contributed by atoms with Gasteiger partial charge in [-0.15, -0.1) is 0 Å². The van der Waals surface area contributed by atoms with Gasteiger partial charge in [-0.3, -0.25) is 0 Å². The highest BCUT2D eigenvalue weighted by Gasteiger charge is 2.18. The van der Waals surface area contributed by atoms with E-state index in [1.165, 1.54) is 7.11 Å². The Balaban J connectivity index is 2.62. The Morgan fingerprint density at radius 2 is 2.18 bits per heavy atom. The quantitative estimate of drug-likeness (QED) is 0.556. The van der Waals surface area contributed by atoms with Crippen LogP contribution in [0, 0.1) is 0 Å². The summed E-state index contributed by atoms with van der Waals surface area (Å²) in [6, 6.07) is 1.63. The fourth-order valence-corrected chi connectivity index (χ4v) is 3.51. The molecule has 0 saturated carbocycles. The third-order valence-corrected chi connectivity index (χ3v) is 3.91. The Morgan fingerprint density at radius 3 is 2.82 bits per heavy atom. The summed E-state index contributed by atoms with van der Waals surface area (Å²) in [4.78, 5) is 21.7. The van der Waals surface area contributed by atoms with E-state index in [0.717, 1.165) is 11.3 Å². The van der Waals surface area contributed by atoms with Gasteiger partial charge >= 0.3 is 11.1 Å². The van der Waals surface area contributed by atoms with Gasteiger partial charge in [-0.25, -0.2) is 9.59 Å². The van der Waals surface area contributed by atoms with Crippen molar-refractivity contribution in [2.45, 2.75) is 0 Å². The number of carbonyl (C=O) groups is 1. The topological polar surface area (TPSA) is 65.7 Å². The van der Waals surface area contributed by atoms with Crippen molar-refractivity contribution in [3.8, 4) is 5.75 Å². The molecule has 2 rings (SSSR count). The molecule has 1 aromatic heterocycles. The van der Waals surface area contributed by atoms with E-state index in [4.69, 9.17) is 9.15 Å². The predicted molar refractivity (Wildman–Crippen MR) is 68.8 cm³/mol. The van der Waals surface area contributed by atoms with Crippen molar-refractivity contribution in [1.29, 1.82) is 0 Å². The molecule has 90 valence electrons. The summed E-state index contributed by atoms with van der Waals surface area (Å²) in [5.41, 5.74) is 0.335. The second-order valence-electron chi connectivity index (χ2n) is 2.84. The molecule has 0 fully saturated rings. The number of halogens is 2. The maximum atomic E-state index is 11.1. The summed E-state index contributed by atoms with van der Waals surface area (Å²) in [5.74, 6) is 0.200. The van der Waals surface area contributed by atoms with Gasteiger partial charge < -0.3 is 13.9 Å². The highest BCUT2D eigenvalue weighted by molar-refractivity contribution is 9.11. The van der Waals surface area contributed by atoms with Crippen LogP contribution in [0.1, 0.15) is 0 Å². The van der Waals surface area contributed by atoms with E-state index in [-0.39, 0.29) is 5.75 Å². The lowest BCUT2D eigenvalue weighted by Gasteiger charge is -2.06. The summed E-state index contributed by atoms with van der Waals surface area (Å²) >= 11 is 7.41. The van der Waals surface area contributed by atoms with E-state index in [9.17, 15) is 9.59 Å². The molecule has 0 amide bonds. The molecule has 5 nitrogen and oxygen atoms in total. The molecule has 0 unspecified atom stereocenters. The van der Waals surface area contributed by atoms with Crippen molar-refractivity contribution in [3.63, 3.8) is 0 Å². The molecule has 8 heteroatoms. The third-order valence-electron chi connectivity index (χ3n) is 1.83. The highest BCUT2D eigenvalue weighted by atomic mass is 79.9. The van der Waals surface area contributed by atoms with Gasteiger partial charge in [0.2, 0.25) is 0 Å². The molecule has 2 aromatic rings. The number of hydrogen-bond donors (Lipinski definition) is 0. The zero-order chi connectivity index (χ0) is 12.6. The van der Waals surface area contributed by atoms with Crippen molar-refractivity contribution in [2.75, 3.05) is 7.11 Å². The molecule has 0 bridgehead atoms. The molecule has 0 aliphatic heterocycles. The fourth-order valence-electron chi connectivity index (χ4n) is 1.15. The maximum absolute atomic E-state index is 11.1. The minimum absolute atomic E-state index is 0.200. The van der Waals surface area contributed by atoms with Crippen LogP contribution in [0.3, 0.4) is 0 Å². The summed E-state index contributed by atoms with van der Waals surface area (Å²) in [6.45, 7) is 0. The van der Waals surface area contributed by atoms with Crippen LogP contribution in [-0.2, 0) is 4.74 Å². The summed E-state index contributed by atoms with van der Waals surface area (Å²) in [7, 11) is 1.20. The summed E-state index contributed by atoms with van der Waals surface area (Å²) < 4.78 is 15.8. The van der Waals surface area contributed by atoms with E-state index >= 15 is 0 Å². The number of carbonyl (C=O) groups excluding carboxylic acids is 1. The first-order valence-corrected chi connectivity index (χ1v) is 6.60. The SMILES string of the molecule is COC(=O)Oc1c(Br)cc2sc(=O)oc2c1Br. The van der Waals surface area contributed by atoms with Crippen molar-refractivity contribution in [3.05, 3.63) is 24.7 Å². The average Bonchev–Trinajstić information content (AvgIpc) is 2.64. The molecule has 0 atom stereocenters. The second-order valence-corrected chi connectivity index (χ2v) is 5.46. The molecule has 0 aliphatic carbocycles. The smallest absolute Gasteiger partial charge is 0.437 e. The minimum atomic E-state index is -0.858. The van der Waals surface area contributed by atoms with Crippen LogP contribution in [0.2, 0.25) is 0 Å². The van der Waals surface area contributed by atoms with Crippen molar-refractivity contribution < 1.29 is 18.7 Å². The maximum Gasteiger partial charge on any atom is 0.513 e. The summed E-state index contributed by atoms with van der Waals surface area (Å²) in [6.07, 6.45) is -0.858. The lowest BCUT2D eigenvalue weighted by atomic mass is 10.3. The van der Waals surface area contributed by atoms with E-state index in [0.29, 0.717) is 19.2 Å². The Labute approximate surface area is 116 Å². The fraction of sp³-hybridized carbons (Fsp3) is 0.111. The van der Waals surface area contributed by atoms with Crippen molar-refractivity contribution >= 4 is 59.6 Å². The van der Waals surface area contributed by atoms with Crippen LogP contribution >= 0.6 is 43.2 Å². The van der Waals surface area contributed by atoms with Gasteiger partial charge in [-0.2, -0.15) is 0 Å². The minimum Gasteiger partial charge on any atom is -0.437 e. The molecule has 0 spiro atoms. The van der Waals surface area contributed by atoms with E-state index in [1.807, 2.05) is 0 Å². The Bertz CT molecular complexity index is 645. The van der Waals surface area contributed by atoms with E-state index in [1.54, 1.807) is 6.07 Å². The lowest BCUT2D eigenvalue weighted by molar-refractivity contribution is 0.121. The van der Waals surface area contributed by atoms with Crippen LogP contribution in [-0.4, -0.2) is 13.3 Å². The number of methoxy groups -OCH3 is 1. The standard InChI is InChI=1S/C9H4Br2O5S/c1-14-8(12)15-6-3(10)2-4-7(5(6)11)16-9(13)17-4/h2H,1H3. The molecule has 1 heterocycles. The number of hydrogen-bond acceptors (Lipinski definition) is 6. The summed E-state index contributed by atoms with van der Waals surface area (Å²) in [5, 5.41) is 0. The van der Waals surface area contributed by atoms with Crippen molar-refractivity contribution in [1.82, 2.24) is 0 Å². The van der Waals surface area contributed by atoms with Crippen LogP contribution < -0.4 is 9.68 Å². The van der Waals surface area contributed by atoms with Crippen molar-refractivity contribution in [2.24, 2.45) is 0 Å². The molecule has 0 aliphatic rings. The first kappa shape index (κ1) is 12.6. The monoisotopic (exact) mass is 382 g/mol. The molecule has 0 N–H and O–H groups in total. The molecule has 1 aromatic carbocycles. The van der Waals surface area contributed by atoms with Gasteiger partial charge in [0.05, 0.1) is 16.3 Å². The van der Waals surface area contributed by atoms with E-state index < -0.39 is 11.1 Å². The molecule has 0 saturated heterocycles. The van der Waals surface area contributed by atoms with Gasteiger partial charge in [0.25, 0.3) is 0 Å². The third kappa shape index (κ3) is 2.38. The molecule has 17 heavy (non-hydrogen) atoms. The van der Waals surface area contributed by atoms with Gasteiger partial charge in [-0.05, 0) is 37.9 Å². The second kappa shape index (κ2) is 4.79. The number of ether oxygens (including phenoxy) is 2. The molecular formula is C9H4Br2O5S. The molecule has 0 radical (unpaired) electrons. The Hall–Kier alpha value is -0.860.